The number of imidazole rings is 1. The molecule has 1 aromatic rings. The Hall–Kier alpha value is -1.03. The predicted octanol–water partition coefficient (Wildman–Crippen LogP) is -0.385. The Labute approximate surface area is 71.6 Å². The Bertz CT molecular complexity index is 311. The minimum absolute atomic E-state index is 0.0296. The number of hydrogen-bond donors (Lipinski definition) is 1. The van der Waals surface area contributed by atoms with Gasteiger partial charge in [0.2, 0.25) is 0 Å². The molecule has 1 heterocycles. The summed E-state index contributed by atoms with van der Waals surface area (Å²) in [5.41, 5.74) is 6.46. The normalized spacial score (nSPS) is 10.6. The predicted molar refractivity (Wildman–Crippen MR) is 48.0 cm³/mol. The van der Waals surface area contributed by atoms with Crippen LogP contribution in [0.25, 0.3) is 0 Å². The van der Waals surface area contributed by atoms with E-state index in [-0.39, 0.29) is 5.69 Å². The second-order valence-corrected chi connectivity index (χ2v) is 2.97. The highest BCUT2D eigenvalue weighted by molar-refractivity contribution is 4.99. The molecule has 1 aromatic heterocycles. The molecule has 0 radical (unpaired) electrons. The molecule has 0 aromatic carbocycles. The molecular weight excluding hydrogens is 154 g/mol. The number of nitrogens with two attached hydrogens (primary N) is 1. The van der Waals surface area contributed by atoms with Gasteiger partial charge in [0.1, 0.15) is 0 Å². The molecule has 0 spiro atoms. The van der Waals surface area contributed by atoms with Gasteiger partial charge in [0.15, 0.2) is 0 Å². The van der Waals surface area contributed by atoms with Crippen molar-refractivity contribution in [2.24, 2.45) is 19.8 Å². The first-order valence-corrected chi connectivity index (χ1v) is 4.08. The zero-order valence-corrected chi connectivity index (χ0v) is 7.58. The van der Waals surface area contributed by atoms with Crippen LogP contribution < -0.4 is 11.4 Å². The molecule has 2 N–H and O–H groups in total. The molecule has 0 atom stereocenters. The molecule has 0 saturated heterocycles. The molecule has 0 aliphatic heterocycles. The summed E-state index contributed by atoms with van der Waals surface area (Å²) < 4.78 is 3.25. The van der Waals surface area contributed by atoms with Crippen LogP contribution >= 0.6 is 0 Å². The molecule has 0 bridgehead atoms. The van der Waals surface area contributed by atoms with Gasteiger partial charge in [0.05, 0.1) is 0 Å². The van der Waals surface area contributed by atoms with Gasteiger partial charge in [0, 0.05) is 26.0 Å². The Morgan fingerprint density at radius 3 is 2.58 bits per heavy atom. The standard InChI is InChI=1S/C8H15N3O/c1-10-6-7(4-3-5-9)11(2)8(10)12/h6H,3-5,9H2,1-2H3. The highest BCUT2D eigenvalue weighted by Gasteiger charge is 2.03. The third-order valence-corrected chi connectivity index (χ3v) is 2.00. The van der Waals surface area contributed by atoms with Crippen molar-refractivity contribution in [2.75, 3.05) is 6.54 Å². The van der Waals surface area contributed by atoms with Gasteiger partial charge in [-0.15, -0.1) is 0 Å². The van der Waals surface area contributed by atoms with E-state index in [0.29, 0.717) is 6.54 Å². The van der Waals surface area contributed by atoms with Gasteiger partial charge in [-0.25, -0.2) is 4.79 Å². The van der Waals surface area contributed by atoms with E-state index in [2.05, 4.69) is 0 Å². The van der Waals surface area contributed by atoms with Gasteiger partial charge in [-0.1, -0.05) is 0 Å². The average molecular weight is 169 g/mol. The largest absolute Gasteiger partial charge is 0.330 e. The van der Waals surface area contributed by atoms with E-state index in [4.69, 9.17) is 5.73 Å². The molecule has 0 aliphatic carbocycles. The molecule has 0 fully saturated rings. The van der Waals surface area contributed by atoms with Crippen molar-refractivity contribution in [3.8, 4) is 0 Å². The van der Waals surface area contributed by atoms with Crippen molar-refractivity contribution < 1.29 is 0 Å². The number of aromatic nitrogens is 2. The second-order valence-electron chi connectivity index (χ2n) is 2.97. The number of rotatable bonds is 3. The lowest BCUT2D eigenvalue weighted by Crippen LogP contribution is -2.20. The first-order valence-electron chi connectivity index (χ1n) is 4.08. The van der Waals surface area contributed by atoms with Gasteiger partial charge < -0.3 is 10.3 Å². The average Bonchev–Trinajstić information content (AvgIpc) is 2.30. The minimum atomic E-state index is 0.0296. The zero-order chi connectivity index (χ0) is 9.14. The van der Waals surface area contributed by atoms with E-state index in [1.54, 1.807) is 23.2 Å². The molecule has 68 valence electrons. The lowest BCUT2D eigenvalue weighted by atomic mass is 10.2. The van der Waals surface area contributed by atoms with Gasteiger partial charge in [-0.2, -0.15) is 0 Å². The minimum Gasteiger partial charge on any atom is -0.330 e. The van der Waals surface area contributed by atoms with Gasteiger partial charge >= 0.3 is 5.69 Å². The van der Waals surface area contributed by atoms with Crippen molar-refractivity contribution >= 4 is 0 Å². The van der Waals surface area contributed by atoms with Gasteiger partial charge in [-0.3, -0.25) is 4.57 Å². The zero-order valence-electron chi connectivity index (χ0n) is 7.58. The molecular formula is C8H15N3O. The maximum absolute atomic E-state index is 11.2. The van der Waals surface area contributed by atoms with E-state index in [9.17, 15) is 4.79 Å². The van der Waals surface area contributed by atoms with E-state index >= 15 is 0 Å². The first kappa shape index (κ1) is 9.06. The molecule has 0 amide bonds. The summed E-state index contributed by atoms with van der Waals surface area (Å²) in [6.07, 6.45) is 3.67. The first-order chi connectivity index (χ1) is 5.66. The maximum Gasteiger partial charge on any atom is 0.327 e. The smallest absolute Gasteiger partial charge is 0.327 e. The van der Waals surface area contributed by atoms with Crippen LogP contribution in [-0.4, -0.2) is 15.7 Å². The molecule has 4 heteroatoms. The summed E-state index contributed by atoms with van der Waals surface area (Å²) in [4.78, 5) is 11.2. The van der Waals surface area contributed by atoms with E-state index in [0.717, 1.165) is 18.5 Å². The van der Waals surface area contributed by atoms with Crippen LogP contribution in [0.2, 0.25) is 0 Å². The topological polar surface area (TPSA) is 52.9 Å². The van der Waals surface area contributed by atoms with Crippen LogP contribution in [0.15, 0.2) is 11.0 Å². The van der Waals surface area contributed by atoms with Crippen molar-refractivity contribution in [3.63, 3.8) is 0 Å². The van der Waals surface area contributed by atoms with Crippen LogP contribution in [0.3, 0.4) is 0 Å². The van der Waals surface area contributed by atoms with Crippen LogP contribution in [0.4, 0.5) is 0 Å². The summed E-state index contributed by atoms with van der Waals surface area (Å²) in [7, 11) is 3.54. The van der Waals surface area contributed by atoms with Crippen LogP contribution in [-0.2, 0) is 20.5 Å². The highest BCUT2D eigenvalue weighted by atomic mass is 16.1. The van der Waals surface area contributed by atoms with Crippen molar-refractivity contribution in [2.45, 2.75) is 12.8 Å². The monoisotopic (exact) mass is 169 g/mol. The summed E-state index contributed by atoms with van der Waals surface area (Å²) in [6.45, 7) is 0.670. The second kappa shape index (κ2) is 3.58. The third kappa shape index (κ3) is 1.58. The van der Waals surface area contributed by atoms with Crippen LogP contribution in [0.5, 0.6) is 0 Å². The quantitative estimate of drug-likeness (QED) is 0.670. The third-order valence-electron chi connectivity index (χ3n) is 2.00. The van der Waals surface area contributed by atoms with Crippen LogP contribution in [0.1, 0.15) is 12.1 Å². The fourth-order valence-corrected chi connectivity index (χ4v) is 1.24. The lowest BCUT2D eigenvalue weighted by Gasteiger charge is -1.97. The van der Waals surface area contributed by atoms with E-state index in [1.165, 1.54) is 0 Å². The van der Waals surface area contributed by atoms with Crippen molar-refractivity contribution in [1.29, 1.82) is 0 Å². The van der Waals surface area contributed by atoms with Crippen molar-refractivity contribution in [1.82, 2.24) is 9.13 Å². The highest BCUT2D eigenvalue weighted by Crippen LogP contribution is 1.97. The fraction of sp³-hybridized carbons (Fsp3) is 0.625. The molecule has 0 unspecified atom stereocenters. The number of aryl methyl sites for hydroxylation is 2. The lowest BCUT2D eigenvalue weighted by molar-refractivity contribution is 0.724. The molecule has 4 nitrogen and oxygen atoms in total. The molecule has 0 aliphatic rings. The Morgan fingerprint density at radius 1 is 1.50 bits per heavy atom. The van der Waals surface area contributed by atoms with E-state index < -0.39 is 0 Å². The number of nitrogens with zero attached hydrogens (tertiary/aromatic N) is 2. The Balaban J connectivity index is 2.86. The summed E-state index contributed by atoms with van der Waals surface area (Å²) in [6, 6.07) is 0. The summed E-state index contributed by atoms with van der Waals surface area (Å²) in [5, 5.41) is 0. The summed E-state index contributed by atoms with van der Waals surface area (Å²) in [5.74, 6) is 0. The summed E-state index contributed by atoms with van der Waals surface area (Å²) >= 11 is 0. The maximum atomic E-state index is 11.2. The molecule has 12 heavy (non-hydrogen) atoms. The van der Waals surface area contributed by atoms with Gasteiger partial charge in [0.25, 0.3) is 0 Å². The van der Waals surface area contributed by atoms with Gasteiger partial charge in [-0.05, 0) is 19.4 Å². The fourth-order valence-electron chi connectivity index (χ4n) is 1.24. The molecule has 0 saturated carbocycles. The van der Waals surface area contributed by atoms with Crippen LogP contribution in [0, 0.1) is 0 Å². The Kier molecular flexibility index (Phi) is 2.70. The van der Waals surface area contributed by atoms with E-state index in [1.807, 2.05) is 6.20 Å². The molecule has 1 rings (SSSR count). The number of hydrogen-bond acceptors (Lipinski definition) is 2. The van der Waals surface area contributed by atoms with Crippen molar-refractivity contribution in [3.05, 3.63) is 22.4 Å². The SMILES string of the molecule is Cn1cc(CCCN)n(C)c1=O. The Morgan fingerprint density at radius 2 is 2.17 bits per heavy atom.